The third-order valence-electron chi connectivity index (χ3n) is 4.50. The molecule has 13 heteroatoms. The molecule has 0 saturated heterocycles. The van der Waals surface area contributed by atoms with E-state index in [2.05, 4.69) is 0 Å². The molecule has 0 fully saturated rings. The van der Waals surface area contributed by atoms with Gasteiger partial charge in [-0.3, -0.25) is 25.1 Å². The molecule has 0 unspecified atom stereocenters. The lowest BCUT2D eigenvalue weighted by molar-refractivity contribution is -0.384. The minimum absolute atomic E-state index is 0.0308. The van der Waals surface area contributed by atoms with Crippen molar-refractivity contribution >= 4 is 28.4 Å². The Morgan fingerprint density at radius 2 is 1.03 bits per heavy atom. The topological polar surface area (TPSA) is 89.5 Å². The van der Waals surface area contributed by atoms with Crippen molar-refractivity contribution < 1.29 is 36.2 Å². The lowest BCUT2D eigenvalue weighted by Crippen LogP contribution is -2.16. The number of anilines is 3. The predicted octanol–water partition coefficient (Wildman–Crippen LogP) is 7.01. The van der Waals surface area contributed by atoms with Crippen molar-refractivity contribution in [2.45, 2.75) is 12.4 Å². The van der Waals surface area contributed by atoms with Gasteiger partial charge in [-0.2, -0.15) is 26.3 Å². The summed E-state index contributed by atoms with van der Waals surface area (Å²) >= 11 is 0. The summed E-state index contributed by atoms with van der Waals surface area (Å²) in [4.78, 5) is 21.8. The van der Waals surface area contributed by atoms with Crippen molar-refractivity contribution in [2.24, 2.45) is 0 Å². The van der Waals surface area contributed by atoms with Crippen LogP contribution in [0.3, 0.4) is 0 Å². The molecule has 3 rings (SSSR count). The Bertz CT molecular complexity index is 1140. The first-order valence-corrected chi connectivity index (χ1v) is 8.87. The Morgan fingerprint density at radius 3 is 1.36 bits per heavy atom. The molecule has 0 spiro atoms. The molecule has 33 heavy (non-hydrogen) atoms. The van der Waals surface area contributed by atoms with Gasteiger partial charge in [-0.25, -0.2) is 0 Å². The van der Waals surface area contributed by atoms with Crippen LogP contribution in [0.1, 0.15) is 11.1 Å². The lowest BCUT2D eigenvalue weighted by atomic mass is 10.1. The number of rotatable bonds is 5. The molecule has 0 N–H and O–H groups in total. The second-order valence-corrected chi connectivity index (χ2v) is 6.59. The standard InChI is InChI=1S/C20H11F6N3O4/c21-19(22,23)12-6-8-15(17(10-12)28(30)31)27(14-4-2-1-3-5-14)16-9-7-13(20(24,25)26)11-18(16)29(32)33/h1-11H. The fraction of sp³-hybridized carbons (Fsp3) is 0.100. The first-order chi connectivity index (χ1) is 15.3. The van der Waals surface area contributed by atoms with Gasteiger partial charge in [0.25, 0.3) is 11.4 Å². The largest absolute Gasteiger partial charge is 0.416 e. The van der Waals surface area contributed by atoms with E-state index in [0.717, 1.165) is 17.0 Å². The van der Waals surface area contributed by atoms with Crippen molar-refractivity contribution in [2.75, 3.05) is 4.90 Å². The van der Waals surface area contributed by atoms with Crippen molar-refractivity contribution in [3.8, 4) is 0 Å². The molecule has 0 aliphatic heterocycles. The number of alkyl halides is 6. The van der Waals surface area contributed by atoms with Crippen LogP contribution in [0, 0.1) is 20.2 Å². The van der Waals surface area contributed by atoms with Crippen LogP contribution in [0.2, 0.25) is 0 Å². The molecule has 0 aliphatic carbocycles. The second-order valence-electron chi connectivity index (χ2n) is 6.59. The van der Waals surface area contributed by atoms with Crippen molar-refractivity contribution in [1.29, 1.82) is 0 Å². The van der Waals surface area contributed by atoms with Gasteiger partial charge in [0.2, 0.25) is 0 Å². The van der Waals surface area contributed by atoms with Gasteiger partial charge >= 0.3 is 12.4 Å². The minimum atomic E-state index is -4.92. The van der Waals surface area contributed by atoms with Crippen LogP contribution in [0.15, 0.2) is 66.7 Å². The highest BCUT2D eigenvalue weighted by Crippen LogP contribution is 2.46. The number of para-hydroxylation sites is 1. The summed E-state index contributed by atoms with van der Waals surface area (Å²) in [5.74, 6) is 0. The average Bonchev–Trinajstić information content (AvgIpc) is 2.73. The molecule has 7 nitrogen and oxygen atoms in total. The van der Waals surface area contributed by atoms with Gasteiger partial charge < -0.3 is 0 Å². The molecule has 0 aliphatic rings. The molecule has 0 saturated carbocycles. The van der Waals surface area contributed by atoms with Gasteiger partial charge in [0, 0.05) is 17.8 Å². The Hall–Kier alpha value is -4.16. The summed E-state index contributed by atoms with van der Waals surface area (Å²) in [7, 11) is 0. The second kappa shape index (κ2) is 8.41. The van der Waals surface area contributed by atoms with Gasteiger partial charge in [-0.15, -0.1) is 0 Å². The van der Waals surface area contributed by atoms with Crippen molar-refractivity contribution in [1.82, 2.24) is 0 Å². The van der Waals surface area contributed by atoms with Crippen LogP contribution in [-0.4, -0.2) is 9.85 Å². The van der Waals surface area contributed by atoms with E-state index in [1.165, 1.54) is 30.3 Å². The number of nitro groups is 2. The van der Waals surface area contributed by atoms with Crippen LogP contribution < -0.4 is 4.90 Å². The predicted molar refractivity (Wildman–Crippen MR) is 104 cm³/mol. The van der Waals surface area contributed by atoms with E-state index in [0.29, 0.717) is 12.1 Å². The number of halogens is 6. The average molecular weight is 471 g/mol. The normalized spacial score (nSPS) is 11.8. The van der Waals surface area contributed by atoms with Crippen LogP contribution in [0.25, 0.3) is 0 Å². The molecular weight excluding hydrogens is 460 g/mol. The maximum Gasteiger partial charge on any atom is 0.416 e. The number of hydrogen-bond donors (Lipinski definition) is 0. The SMILES string of the molecule is O=[N+]([O-])c1cc(C(F)(F)F)ccc1N(c1ccccc1)c1ccc(C(F)(F)F)cc1[N+](=O)[O-]. The third-order valence-corrected chi connectivity index (χ3v) is 4.50. The maximum absolute atomic E-state index is 13.1. The molecule has 0 heterocycles. The van der Waals surface area contributed by atoms with E-state index in [1.54, 1.807) is 0 Å². The highest BCUT2D eigenvalue weighted by atomic mass is 19.4. The maximum atomic E-state index is 13.1. The van der Waals surface area contributed by atoms with Gasteiger partial charge in [0.05, 0.1) is 21.0 Å². The van der Waals surface area contributed by atoms with E-state index < -0.39 is 56.1 Å². The third kappa shape index (κ3) is 4.86. The van der Waals surface area contributed by atoms with Crippen molar-refractivity contribution in [3.05, 3.63) is 98.1 Å². The van der Waals surface area contributed by atoms with E-state index in [9.17, 15) is 46.6 Å². The molecule has 172 valence electrons. The molecule has 0 atom stereocenters. The number of nitrogens with zero attached hydrogens (tertiary/aromatic N) is 3. The summed E-state index contributed by atoms with van der Waals surface area (Å²) in [6, 6.07) is 10.1. The van der Waals surface area contributed by atoms with E-state index in [-0.39, 0.29) is 17.8 Å². The highest BCUT2D eigenvalue weighted by molar-refractivity contribution is 5.86. The van der Waals surface area contributed by atoms with Gasteiger partial charge in [0.1, 0.15) is 11.4 Å². The summed E-state index contributed by atoms with van der Waals surface area (Å²) in [5, 5.41) is 23.2. The number of benzene rings is 3. The number of nitro benzene ring substituents is 2. The molecule has 0 amide bonds. The summed E-state index contributed by atoms with van der Waals surface area (Å²) in [5.41, 5.74) is -5.78. The molecule has 0 bridgehead atoms. The quantitative estimate of drug-likeness (QED) is 0.227. The minimum Gasteiger partial charge on any atom is -0.298 e. The summed E-state index contributed by atoms with van der Waals surface area (Å²) in [6.45, 7) is 0. The monoisotopic (exact) mass is 471 g/mol. The number of hydrogen-bond acceptors (Lipinski definition) is 5. The highest BCUT2D eigenvalue weighted by Gasteiger charge is 2.37. The van der Waals surface area contributed by atoms with Crippen LogP contribution in [0.5, 0.6) is 0 Å². The molecule has 0 radical (unpaired) electrons. The fourth-order valence-electron chi connectivity index (χ4n) is 3.06. The fourth-order valence-corrected chi connectivity index (χ4v) is 3.06. The zero-order valence-electron chi connectivity index (χ0n) is 16.1. The van der Waals surface area contributed by atoms with Crippen LogP contribution >= 0.6 is 0 Å². The van der Waals surface area contributed by atoms with Crippen LogP contribution in [-0.2, 0) is 12.4 Å². The molecule has 3 aromatic rings. The Labute approximate surface area is 180 Å². The zero-order valence-corrected chi connectivity index (χ0v) is 16.1. The van der Waals surface area contributed by atoms with E-state index in [4.69, 9.17) is 0 Å². The first kappa shape index (κ1) is 23.5. The van der Waals surface area contributed by atoms with E-state index in [1.807, 2.05) is 0 Å². The smallest absolute Gasteiger partial charge is 0.298 e. The van der Waals surface area contributed by atoms with Crippen molar-refractivity contribution in [3.63, 3.8) is 0 Å². The molecule has 0 aromatic heterocycles. The summed E-state index contributed by atoms with van der Waals surface area (Å²) < 4.78 is 78.6. The van der Waals surface area contributed by atoms with Gasteiger partial charge in [0.15, 0.2) is 0 Å². The van der Waals surface area contributed by atoms with Crippen LogP contribution in [0.4, 0.5) is 54.8 Å². The zero-order chi connectivity index (χ0) is 24.6. The van der Waals surface area contributed by atoms with E-state index >= 15 is 0 Å². The Kier molecular flexibility index (Phi) is 5.99. The van der Waals surface area contributed by atoms with Gasteiger partial charge in [-0.05, 0) is 36.4 Å². The molecular formula is C20H11F6N3O4. The summed E-state index contributed by atoms with van der Waals surface area (Å²) in [6.07, 6.45) is -9.83. The first-order valence-electron chi connectivity index (χ1n) is 8.87. The Morgan fingerprint density at radius 1 is 0.636 bits per heavy atom. The van der Waals surface area contributed by atoms with Gasteiger partial charge in [-0.1, -0.05) is 18.2 Å². The Balaban J connectivity index is 2.35. The lowest BCUT2D eigenvalue weighted by Gasteiger charge is -2.25. The molecule has 3 aromatic carbocycles.